The van der Waals surface area contributed by atoms with Crippen LogP contribution in [0.5, 0.6) is 0 Å². The summed E-state index contributed by atoms with van der Waals surface area (Å²) in [5.41, 5.74) is 8.36. The molecule has 88 valence electrons. The van der Waals surface area contributed by atoms with E-state index in [1.54, 1.807) is 0 Å². The van der Waals surface area contributed by atoms with Gasteiger partial charge in [0, 0.05) is 46.4 Å². The Morgan fingerprint density at radius 1 is 1.56 bits per heavy atom. The molecule has 1 aliphatic heterocycles. The highest BCUT2D eigenvalue weighted by molar-refractivity contribution is 9.10. The normalized spacial score (nSPS) is 21.2. The zero-order chi connectivity index (χ0) is 11.5. The number of nitrogens with zero attached hydrogens (tertiary/aromatic N) is 1. The molecule has 0 amide bonds. The zero-order valence-electron chi connectivity index (χ0n) is 9.45. The molecule has 1 aliphatic rings. The summed E-state index contributed by atoms with van der Waals surface area (Å²) in [6.45, 7) is 4.00. The van der Waals surface area contributed by atoms with Crippen LogP contribution in [0.3, 0.4) is 0 Å². The SMILES string of the molecule is CC1CSCCN1c1cccc(Br)c1CN. The van der Waals surface area contributed by atoms with Gasteiger partial charge in [0.2, 0.25) is 0 Å². The second-order valence-corrected chi connectivity index (χ2v) is 6.06. The standard InChI is InChI=1S/C12H17BrN2S/c1-9-8-16-6-5-15(9)12-4-2-3-11(13)10(12)7-14/h2-4,9H,5-8,14H2,1H3. The third-order valence-corrected chi connectivity index (χ3v) is 4.91. The molecule has 1 unspecified atom stereocenters. The molecular formula is C12H17BrN2S. The Hall–Kier alpha value is -0.190. The summed E-state index contributed by atoms with van der Waals surface area (Å²) in [6, 6.07) is 6.93. The molecule has 2 rings (SSSR count). The van der Waals surface area contributed by atoms with Crippen molar-refractivity contribution in [3.63, 3.8) is 0 Å². The van der Waals surface area contributed by atoms with Gasteiger partial charge in [0.05, 0.1) is 0 Å². The van der Waals surface area contributed by atoms with Crippen molar-refractivity contribution in [2.45, 2.75) is 19.5 Å². The molecule has 0 aromatic heterocycles. The van der Waals surface area contributed by atoms with Crippen LogP contribution in [0.4, 0.5) is 5.69 Å². The molecule has 16 heavy (non-hydrogen) atoms. The maximum atomic E-state index is 5.84. The van der Waals surface area contributed by atoms with Gasteiger partial charge in [-0.3, -0.25) is 0 Å². The molecule has 4 heteroatoms. The smallest absolute Gasteiger partial charge is 0.0426 e. The minimum absolute atomic E-state index is 0.590. The minimum Gasteiger partial charge on any atom is -0.367 e. The Balaban J connectivity index is 2.34. The molecule has 1 aromatic rings. The molecule has 0 aliphatic carbocycles. The third kappa shape index (κ3) is 2.39. The van der Waals surface area contributed by atoms with E-state index in [2.05, 4.69) is 46.0 Å². The largest absolute Gasteiger partial charge is 0.367 e. The van der Waals surface area contributed by atoms with Crippen molar-refractivity contribution in [3.05, 3.63) is 28.2 Å². The highest BCUT2D eigenvalue weighted by Crippen LogP contribution is 2.31. The lowest BCUT2D eigenvalue weighted by atomic mass is 10.1. The fourth-order valence-corrected chi connectivity index (χ4v) is 3.63. The van der Waals surface area contributed by atoms with Crippen LogP contribution in [0.1, 0.15) is 12.5 Å². The van der Waals surface area contributed by atoms with Crippen molar-refractivity contribution in [1.82, 2.24) is 0 Å². The van der Waals surface area contributed by atoms with Crippen molar-refractivity contribution in [1.29, 1.82) is 0 Å². The predicted molar refractivity (Wildman–Crippen MR) is 76.2 cm³/mol. The first kappa shape index (κ1) is 12.3. The number of nitrogens with two attached hydrogens (primary N) is 1. The number of halogens is 1. The van der Waals surface area contributed by atoms with Gasteiger partial charge in [-0.25, -0.2) is 0 Å². The summed E-state index contributed by atoms with van der Waals surface area (Å²) in [7, 11) is 0. The summed E-state index contributed by atoms with van der Waals surface area (Å²) in [5, 5.41) is 0. The molecule has 0 spiro atoms. The second-order valence-electron chi connectivity index (χ2n) is 4.06. The van der Waals surface area contributed by atoms with Crippen molar-refractivity contribution < 1.29 is 0 Å². The van der Waals surface area contributed by atoms with Crippen molar-refractivity contribution in [3.8, 4) is 0 Å². The van der Waals surface area contributed by atoms with Crippen LogP contribution in [-0.2, 0) is 6.54 Å². The molecule has 0 radical (unpaired) electrons. The average Bonchev–Trinajstić information content (AvgIpc) is 2.29. The number of thioether (sulfide) groups is 1. The third-order valence-electron chi connectivity index (χ3n) is 2.98. The molecule has 1 saturated heterocycles. The molecule has 0 saturated carbocycles. The quantitative estimate of drug-likeness (QED) is 0.911. The highest BCUT2D eigenvalue weighted by Gasteiger charge is 2.21. The zero-order valence-corrected chi connectivity index (χ0v) is 11.9. The summed E-state index contributed by atoms with van der Waals surface area (Å²) >= 11 is 5.62. The number of benzene rings is 1. The van der Waals surface area contributed by atoms with E-state index < -0.39 is 0 Å². The van der Waals surface area contributed by atoms with E-state index in [0.717, 1.165) is 11.0 Å². The molecule has 1 heterocycles. The molecule has 1 aromatic carbocycles. The second kappa shape index (κ2) is 5.43. The van der Waals surface area contributed by atoms with Crippen molar-refractivity contribution in [2.24, 2.45) is 5.73 Å². The molecule has 2 nitrogen and oxygen atoms in total. The first-order valence-corrected chi connectivity index (χ1v) is 7.50. The van der Waals surface area contributed by atoms with Crippen LogP contribution in [0.2, 0.25) is 0 Å². The molecule has 2 N–H and O–H groups in total. The lowest BCUT2D eigenvalue weighted by Gasteiger charge is -2.36. The Morgan fingerprint density at radius 2 is 2.38 bits per heavy atom. The van der Waals surface area contributed by atoms with Gasteiger partial charge in [0.15, 0.2) is 0 Å². The van der Waals surface area contributed by atoms with E-state index >= 15 is 0 Å². The summed E-state index contributed by atoms with van der Waals surface area (Å²) < 4.78 is 1.12. The van der Waals surface area contributed by atoms with E-state index in [-0.39, 0.29) is 0 Å². The fourth-order valence-electron chi connectivity index (χ4n) is 2.10. The van der Waals surface area contributed by atoms with Gasteiger partial charge >= 0.3 is 0 Å². The first-order valence-electron chi connectivity index (χ1n) is 5.56. The van der Waals surface area contributed by atoms with E-state index in [4.69, 9.17) is 5.73 Å². The van der Waals surface area contributed by atoms with E-state index in [1.807, 2.05) is 11.8 Å². The molecular weight excluding hydrogens is 284 g/mol. The highest BCUT2D eigenvalue weighted by atomic mass is 79.9. The van der Waals surface area contributed by atoms with Gasteiger partial charge in [-0.05, 0) is 19.1 Å². The van der Waals surface area contributed by atoms with Gasteiger partial charge in [0.1, 0.15) is 0 Å². The Bertz CT molecular complexity index is 370. The minimum atomic E-state index is 0.590. The summed E-state index contributed by atoms with van der Waals surface area (Å²) in [5.74, 6) is 2.41. The van der Waals surface area contributed by atoms with E-state index in [9.17, 15) is 0 Å². The Kier molecular flexibility index (Phi) is 4.16. The summed E-state index contributed by atoms with van der Waals surface area (Å²) in [6.07, 6.45) is 0. The van der Waals surface area contributed by atoms with Gasteiger partial charge in [-0.15, -0.1) is 0 Å². The lowest BCUT2D eigenvalue weighted by Crippen LogP contribution is -2.41. The number of hydrogen-bond donors (Lipinski definition) is 1. The van der Waals surface area contributed by atoms with Crippen LogP contribution in [0.15, 0.2) is 22.7 Å². The van der Waals surface area contributed by atoms with Gasteiger partial charge < -0.3 is 10.6 Å². The van der Waals surface area contributed by atoms with Gasteiger partial charge in [0.25, 0.3) is 0 Å². The Labute approximate surface area is 110 Å². The molecule has 1 atom stereocenters. The first-order chi connectivity index (χ1) is 7.74. The topological polar surface area (TPSA) is 29.3 Å². The predicted octanol–water partition coefficient (Wildman–Crippen LogP) is 2.85. The molecule has 1 fully saturated rings. The maximum Gasteiger partial charge on any atom is 0.0426 e. The Morgan fingerprint density at radius 3 is 3.06 bits per heavy atom. The van der Waals surface area contributed by atoms with Crippen LogP contribution in [0.25, 0.3) is 0 Å². The van der Waals surface area contributed by atoms with Gasteiger partial charge in [-0.1, -0.05) is 22.0 Å². The van der Waals surface area contributed by atoms with Crippen molar-refractivity contribution in [2.75, 3.05) is 23.0 Å². The lowest BCUT2D eigenvalue weighted by molar-refractivity contribution is 0.695. The number of rotatable bonds is 2. The van der Waals surface area contributed by atoms with Crippen LogP contribution in [0, 0.1) is 0 Å². The fraction of sp³-hybridized carbons (Fsp3) is 0.500. The molecule has 0 bridgehead atoms. The van der Waals surface area contributed by atoms with Crippen LogP contribution < -0.4 is 10.6 Å². The number of anilines is 1. The number of hydrogen-bond acceptors (Lipinski definition) is 3. The monoisotopic (exact) mass is 300 g/mol. The average molecular weight is 301 g/mol. The van der Waals surface area contributed by atoms with E-state index in [0.29, 0.717) is 12.6 Å². The summed E-state index contributed by atoms with van der Waals surface area (Å²) in [4.78, 5) is 2.48. The van der Waals surface area contributed by atoms with Crippen LogP contribution >= 0.6 is 27.7 Å². The van der Waals surface area contributed by atoms with Crippen LogP contribution in [-0.4, -0.2) is 24.1 Å². The van der Waals surface area contributed by atoms with Crippen molar-refractivity contribution >= 4 is 33.4 Å². The van der Waals surface area contributed by atoms with E-state index in [1.165, 1.54) is 22.8 Å². The maximum absolute atomic E-state index is 5.84. The van der Waals surface area contributed by atoms with Gasteiger partial charge in [-0.2, -0.15) is 11.8 Å².